The predicted octanol–water partition coefficient (Wildman–Crippen LogP) is 1.94. The zero-order valence-corrected chi connectivity index (χ0v) is 7.69. The second kappa shape index (κ2) is 3.06. The van der Waals surface area contributed by atoms with Crippen LogP contribution in [-0.2, 0) is 0 Å². The Hall–Kier alpha value is -1.97. The fourth-order valence-corrected chi connectivity index (χ4v) is 1.20. The molecule has 0 saturated heterocycles. The fraction of sp³-hybridized carbons (Fsp3) is 0.100. The average molecular weight is 190 g/mol. The van der Waals surface area contributed by atoms with E-state index < -0.39 is 0 Å². The van der Waals surface area contributed by atoms with Crippen molar-refractivity contribution in [2.24, 2.45) is 0 Å². The van der Waals surface area contributed by atoms with E-state index in [2.05, 4.69) is 5.16 Å². The Balaban J connectivity index is 2.49. The summed E-state index contributed by atoms with van der Waals surface area (Å²) in [5.74, 6) is 0.756. The number of rotatable bonds is 1. The van der Waals surface area contributed by atoms with Crippen LogP contribution in [0.5, 0.6) is 5.75 Å². The SMILES string of the molecule is Cc1noc(-c2ccc(O)cc2)c1N. The molecule has 14 heavy (non-hydrogen) atoms. The van der Waals surface area contributed by atoms with Crippen molar-refractivity contribution in [2.45, 2.75) is 6.92 Å². The van der Waals surface area contributed by atoms with E-state index in [4.69, 9.17) is 15.4 Å². The van der Waals surface area contributed by atoms with Crippen molar-refractivity contribution in [2.75, 3.05) is 5.73 Å². The molecule has 1 heterocycles. The van der Waals surface area contributed by atoms with Crippen molar-refractivity contribution in [3.05, 3.63) is 30.0 Å². The Kier molecular flexibility index (Phi) is 1.89. The van der Waals surface area contributed by atoms with Crippen molar-refractivity contribution in [3.8, 4) is 17.1 Å². The van der Waals surface area contributed by atoms with Gasteiger partial charge in [0.05, 0.1) is 0 Å². The highest BCUT2D eigenvalue weighted by Crippen LogP contribution is 2.28. The largest absolute Gasteiger partial charge is 0.508 e. The Morgan fingerprint density at radius 3 is 2.43 bits per heavy atom. The van der Waals surface area contributed by atoms with Gasteiger partial charge in [-0.05, 0) is 31.2 Å². The van der Waals surface area contributed by atoms with Crippen LogP contribution in [0, 0.1) is 6.92 Å². The minimum Gasteiger partial charge on any atom is -0.508 e. The third kappa shape index (κ3) is 1.31. The molecule has 0 aliphatic rings. The number of phenols is 1. The summed E-state index contributed by atoms with van der Waals surface area (Å²) >= 11 is 0. The summed E-state index contributed by atoms with van der Waals surface area (Å²) in [7, 11) is 0. The van der Waals surface area contributed by atoms with Crippen molar-refractivity contribution in [3.63, 3.8) is 0 Å². The number of aryl methyl sites for hydroxylation is 1. The third-order valence-corrected chi connectivity index (χ3v) is 2.04. The highest BCUT2D eigenvalue weighted by Gasteiger charge is 2.10. The Morgan fingerprint density at radius 2 is 1.93 bits per heavy atom. The average Bonchev–Trinajstić information content (AvgIpc) is 2.50. The smallest absolute Gasteiger partial charge is 0.189 e. The van der Waals surface area contributed by atoms with Gasteiger partial charge in [-0.15, -0.1) is 0 Å². The van der Waals surface area contributed by atoms with Crippen LogP contribution in [0.15, 0.2) is 28.8 Å². The first-order valence-corrected chi connectivity index (χ1v) is 4.19. The number of hydrogen-bond acceptors (Lipinski definition) is 4. The summed E-state index contributed by atoms with van der Waals surface area (Å²) in [5.41, 5.74) is 7.77. The Morgan fingerprint density at radius 1 is 1.29 bits per heavy atom. The molecule has 0 unspecified atom stereocenters. The number of nitrogens with two attached hydrogens (primary N) is 1. The van der Waals surface area contributed by atoms with E-state index in [9.17, 15) is 0 Å². The van der Waals surface area contributed by atoms with Crippen molar-refractivity contribution in [1.82, 2.24) is 5.16 Å². The number of anilines is 1. The van der Waals surface area contributed by atoms with Crippen LogP contribution in [0.3, 0.4) is 0 Å². The van der Waals surface area contributed by atoms with Crippen molar-refractivity contribution in [1.29, 1.82) is 0 Å². The monoisotopic (exact) mass is 190 g/mol. The lowest BCUT2D eigenvalue weighted by atomic mass is 10.1. The van der Waals surface area contributed by atoms with Crippen molar-refractivity contribution < 1.29 is 9.63 Å². The molecule has 2 rings (SSSR count). The molecule has 0 amide bonds. The van der Waals surface area contributed by atoms with Gasteiger partial charge >= 0.3 is 0 Å². The van der Waals surface area contributed by atoms with Crippen LogP contribution in [0.4, 0.5) is 5.69 Å². The Labute approximate surface area is 81.0 Å². The molecule has 0 aliphatic heterocycles. The summed E-state index contributed by atoms with van der Waals surface area (Å²) in [4.78, 5) is 0. The van der Waals surface area contributed by atoms with Gasteiger partial charge in [0.1, 0.15) is 17.1 Å². The zero-order valence-electron chi connectivity index (χ0n) is 7.69. The van der Waals surface area contributed by atoms with E-state index in [-0.39, 0.29) is 5.75 Å². The molecule has 72 valence electrons. The summed E-state index contributed by atoms with van der Waals surface area (Å²) in [6.45, 7) is 1.78. The van der Waals surface area contributed by atoms with Crippen LogP contribution in [-0.4, -0.2) is 10.3 Å². The van der Waals surface area contributed by atoms with E-state index in [0.29, 0.717) is 17.1 Å². The number of aromatic nitrogens is 1. The molecule has 0 fully saturated rings. The summed E-state index contributed by atoms with van der Waals surface area (Å²) < 4.78 is 5.06. The summed E-state index contributed by atoms with van der Waals surface area (Å²) in [5, 5.41) is 12.9. The van der Waals surface area contributed by atoms with Gasteiger partial charge in [0.2, 0.25) is 0 Å². The Bertz CT molecular complexity index is 446. The van der Waals surface area contributed by atoms with E-state index in [1.165, 1.54) is 0 Å². The highest BCUT2D eigenvalue weighted by atomic mass is 16.5. The van der Waals surface area contributed by atoms with Gasteiger partial charge in [0, 0.05) is 5.56 Å². The molecule has 4 nitrogen and oxygen atoms in total. The number of phenolic OH excluding ortho intramolecular Hbond substituents is 1. The van der Waals surface area contributed by atoms with Crippen molar-refractivity contribution >= 4 is 5.69 Å². The minimum absolute atomic E-state index is 0.212. The van der Waals surface area contributed by atoms with Gasteiger partial charge in [0.15, 0.2) is 5.76 Å². The van der Waals surface area contributed by atoms with Crippen LogP contribution in [0.1, 0.15) is 5.69 Å². The molecule has 0 saturated carbocycles. The number of aromatic hydroxyl groups is 1. The molecule has 3 N–H and O–H groups in total. The predicted molar refractivity (Wildman–Crippen MR) is 52.8 cm³/mol. The molecular weight excluding hydrogens is 180 g/mol. The maximum Gasteiger partial charge on any atom is 0.189 e. The van der Waals surface area contributed by atoms with Gasteiger partial charge < -0.3 is 15.4 Å². The van der Waals surface area contributed by atoms with Gasteiger partial charge in [0.25, 0.3) is 0 Å². The number of nitrogens with zero attached hydrogens (tertiary/aromatic N) is 1. The molecule has 0 bridgehead atoms. The van der Waals surface area contributed by atoms with E-state index in [1.54, 1.807) is 31.2 Å². The number of nitrogen functional groups attached to an aromatic ring is 1. The molecule has 2 aromatic rings. The minimum atomic E-state index is 0.212. The van der Waals surface area contributed by atoms with Crippen LogP contribution in [0.2, 0.25) is 0 Å². The zero-order chi connectivity index (χ0) is 10.1. The second-order valence-electron chi connectivity index (χ2n) is 3.06. The molecule has 0 radical (unpaired) electrons. The number of hydrogen-bond donors (Lipinski definition) is 2. The topological polar surface area (TPSA) is 72.3 Å². The van der Waals surface area contributed by atoms with Crippen LogP contribution >= 0.6 is 0 Å². The first kappa shape index (κ1) is 8.62. The quantitative estimate of drug-likeness (QED) is 0.720. The lowest BCUT2D eigenvalue weighted by Gasteiger charge is -1.97. The van der Waals surface area contributed by atoms with Gasteiger partial charge in [-0.3, -0.25) is 0 Å². The van der Waals surface area contributed by atoms with Gasteiger partial charge in [-0.25, -0.2) is 0 Å². The first-order chi connectivity index (χ1) is 6.68. The van der Waals surface area contributed by atoms with Crippen LogP contribution < -0.4 is 5.73 Å². The molecular formula is C10H10N2O2. The standard InChI is InChI=1S/C10H10N2O2/c1-6-9(11)10(14-12-6)7-2-4-8(13)5-3-7/h2-5,13H,11H2,1H3. The van der Waals surface area contributed by atoms with E-state index >= 15 is 0 Å². The third-order valence-electron chi connectivity index (χ3n) is 2.04. The normalized spacial score (nSPS) is 10.4. The molecule has 1 aromatic carbocycles. The maximum atomic E-state index is 9.10. The molecule has 1 aromatic heterocycles. The number of benzene rings is 1. The van der Waals surface area contributed by atoms with Crippen LogP contribution in [0.25, 0.3) is 11.3 Å². The van der Waals surface area contributed by atoms with E-state index in [0.717, 1.165) is 5.56 Å². The van der Waals surface area contributed by atoms with Gasteiger partial charge in [-0.2, -0.15) is 0 Å². The lowest BCUT2D eigenvalue weighted by molar-refractivity contribution is 0.427. The first-order valence-electron chi connectivity index (χ1n) is 4.19. The second-order valence-corrected chi connectivity index (χ2v) is 3.06. The summed E-state index contributed by atoms with van der Waals surface area (Å²) in [6, 6.07) is 6.61. The highest BCUT2D eigenvalue weighted by molar-refractivity contribution is 5.72. The van der Waals surface area contributed by atoms with E-state index in [1.807, 2.05) is 0 Å². The van der Waals surface area contributed by atoms with Gasteiger partial charge in [-0.1, -0.05) is 5.16 Å². The molecule has 4 heteroatoms. The summed E-state index contributed by atoms with van der Waals surface area (Å²) in [6.07, 6.45) is 0. The molecule has 0 spiro atoms. The molecule has 0 atom stereocenters. The fourth-order valence-electron chi connectivity index (χ4n) is 1.20. The maximum absolute atomic E-state index is 9.10. The lowest BCUT2D eigenvalue weighted by Crippen LogP contribution is -1.87. The molecule has 0 aliphatic carbocycles.